The lowest BCUT2D eigenvalue weighted by molar-refractivity contribution is 0.480. The smallest absolute Gasteiger partial charge is 0.0429 e. The Morgan fingerprint density at radius 2 is 1.96 bits per heavy atom. The molecule has 2 heterocycles. The number of nitrogens with two attached hydrogens (primary N) is 1. The predicted octanol–water partition coefficient (Wildman–Crippen LogP) is 3.65. The summed E-state index contributed by atoms with van der Waals surface area (Å²) >= 11 is 0. The van der Waals surface area contributed by atoms with Crippen LogP contribution in [0.1, 0.15) is 12.8 Å². The molecular weight excluding hydrogens is 296 g/mol. The Balaban J connectivity index is 1.76. The number of piperidine rings is 1. The largest absolute Gasteiger partial charge is 0.399 e. The second-order valence-electron chi connectivity index (χ2n) is 6.43. The Morgan fingerprint density at radius 1 is 1.08 bits per heavy atom. The third-order valence-corrected chi connectivity index (χ3v) is 4.65. The number of benzene rings is 2. The van der Waals surface area contributed by atoms with Crippen molar-refractivity contribution in [1.29, 1.82) is 0 Å². The number of nitrogen functional groups attached to an aromatic ring is 1. The zero-order valence-electron chi connectivity index (χ0n) is 13.6. The SMILES string of the molecule is Nc1ccc(-c2cc(NC3CCCNC3)c3ccncc3c2)cc1. The topological polar surface area (TPSA) is 63.0 Å². The first-order chi connectivity index (χ1) is 11.8. The minimum Gasteiger partial charge on any atom is -0.399 e. The van der Waals surface area contributed by atoms with Crippen LogP contribution >= 0.6 is 0 Å². The fourth-order valence-corrected chi connectivity index (χ4v) is 3.37. The van der Waals surface area contributed by atoms with E-state index in [1.54, 1.807) is 0 Å². The third-order valence-electron chi connectivity index (χ3n) is 4.65. The van der Waals surface area contributed by atoms with E-state index < -0.39 is 0 Å². The maximum Gasteiger partial charge on any atom is 0.0429 e. The first kappa shape index (κ1) is 15.0. The van der Waals surface area contributed by atoms with Crippen LogP contribution in [-0.4, -0.2) is 24.1 Å². The molecule has 1 aliphatic rings. The minimum atomic E-state index is 0.469. The van der Waals surface area contributed by atoms with Crippen LogP contribution in [0.4, 0.5) is 11.4 Å². The molecule has 2 aromatic carbocycles. The number of nitrogens with one attached hydrogen (secondary N) is 2. The van der Waals surface area contributed by atoms with Gasteiger partial charge in [0.25, 0.3) is 0 Å². The van der Waals surface area contributed by atoms with Crippen molar-refractivity contribution in [2.24, 2.45) is 0 Å². The van der Waals surface area contributed by atoms with Gasteiger partial charge in [-0.25, -0.2) is 0 Å². The van der Waals surface area contributed by atoms with E-state index in [9.17, 15) is 0 Å². The molecule has 3 aromatic rings. The normalized spacial score (nSPS) is 17.8. The number of anilines is 2. The Hall–Kier alpha value is -2.59. The van der Waals surface area contributed by atoms with Gasteiger partial charge in [0.15, 0.2) is 0 Å². The van der Waals surface area contributed by atoms with Gasteiger partial charge >= 0.3 is 0 Å². The molecule has 0 saturated carbocycles. The number of nitrogens with zero attached hydrogens (tertiary/aromatic N) is 1. The first-order valence-electron chi connectivity index (χ1n) is 8.50. The summed E-state index contributed by atoms with van der Waals surface area (Å²) in [7, 11) is 0. The summed E-state index contributed by atoms with van der Waals surface area (Å²) in [5.41, 5.74) is 10.1. The summed E-state index contributed by atoms with van der Waals surface area (Å²) in [5.74, 6) is 0. The van der Waals surface area contributed by atoms with Crippen molar-refractivity contribution in [3.8, 4) is 11.1 Å². The van der Waals surface area contributed by atoms with Gasteiger partial charge in [0.05, 0.1) is 0 Å². The van der Waals surface area contributed by atoms with Crippen LogP contribution in [-0.2, 0) is 0 Å². The molecular formula is C20H22N4. The zero-order chi connectivity index (χ0) is 16.4. The Bertz CT molecular complexity index is 836. The summed E-state index contributed by atoms with van der Waals surface area (Å²) < 4.78 is 0. The van der Waals surface area contributed by atoms with Crippen LogP contribution in [0.5, 0.6) is 0 Å². The summed E-state index contributed by atoms with van der Waals surface area (Å²) in [6.45, 7) is 2.13. The second kappa shape index (κ2) is 6.49. The Kier molecular flexibility index (Phi) is 4.05. The molecule has 122 valence electrons. The van der Waals surface area contributed by atoms with Crippen molar-refractivity contribution in [1.82, 2.24) is 10.3 Å². The zero-order valence-corrected chi connectivity index (χ0v) is 13.6. The average molecular weight is 318 g/mol. The molecule has 1 aliphatic heterocycles. The van der Waals surface area contributed by atoms with Gasteiger partial charge in [0.2, 0.25) is 0 Å². The highest BCUT2D eigenvalue weighted by Crippen LogP contribution is 2.31. The van der Waals surface area contributed by atoms with E-state index in [4.69, 9.17) is 5.73 Å². The maximum absolute atomic E-state index is 5.82. The highest BCUT2D eigenvalue weighted by molar-refractivity contribution is 5.97. The van der Waals surface area contributed by atoms with Crippen molar-refractivity contribution in [3.63, 3.8) is 0 Å². The first-order valence-corrected chi connectivity index (χ1v) is 8.50. The van der Waals surface area contributed by atoms with E-state index in [0.717, 1.165) is 24.2 Å². The molecule has 0 amide bonds. The Morgan fingerprint density at radius 3 is 2.75 bits per heavy atom. The number of hydrogen-bond donors (Lipinski definition) is 3. The second-order valence-corrected chi connectivity index (χ2v) is 6.43. The highest BCUT2D eigenvalue weighted by atomic mass is 15.0. The van der Waals surface area contributed by atoms with Gasteiger partial charge in [-0.15, -0.1) is 0 Å². The number of fused-ring (bicyclic) bond motifs is 1. The van der Waals surface area contributed by atoms with Crippen LogP contribution in [0.3, 0.4) is 0 Å². The lowest BCUT2D eigenvalue weighted by Crippen LogP contribution is -2.38. The maximum atomic E-state index is 5.82. The van der Waals surface area contributed by atoms with E-state index in [1.807, 2.05) is 24.5 Å². The molecule has 1 unspecified atom stereocenters. The lowest BCUT2D eigenvalue weighted by Gasteiger charge is -2.26. The van der Waals surface area contributed by atoms with E-state index >= 15 is 0 Å². The number of hydrogen-bond acceptors (Lipinski definition) is 4. The molecule has 0 spiro atoms. The molecule has 1 aromatic heterocycles. The van der Waals surface area contributed by atoms with E-state index in [2.05, 4.69) is 45.9 Å². The molecule has 4 rings (SSSR count). The molecule has 1 fully saturated rings. The fourth-order valence-electron chi connectivity index (χ4n) is 3.37. The number of pyridine rings is 1. The van der Waals surface area contributed by atoms with E-state index in [1.165, 1.54) is 35.0 Å². The molecule has 0 radical (unpaired) electrons. The molecule has 1 atom stereocenters. The molecule has 0 aliphatic carbocycles. The molecule has 4 N–H and O–H groups in total. The summed E-state index contributed by atoms with van der Waals surface area (Å²) in [6, 6.07) is 15.0. The van der Waals surface area contributed by atoms with Gasteiger partial charge < -0.3 is 16.4 Å². The van der Waals surface area contributed by atoms with Gasteiger partial charge in [-0.2, -0.15) is 0 Å². The van der Waals surface area contributed by atoms with Crippen LogP contribution in [0.2, 0.25) is 0 Å². The van der Waals surface area contributed by atoms with Crippen molar-refractivity contribution in [3.05, 3.63) is 54.9 Å². The molecule has 0 bridgehead atoms. The predicted molar refractivity (Wildman–Crippen MR) is 101 cm³/mol. The molecule has 4 nitrogen and oxygen atoms in total. The fraction of sp³-hybridized carbons (Fsp3) is 0.250. The van der Waals surface area contributed by atoms with Crippen LogP contribution in [0, 0.1) is 0 Å². The van der Waals surface area contributed by atoms with Crippen molar-refractivity contribution >= 4 is 22.1 Å². The van der Waals surface area contributed by atoms with E-state index in [-0.39, 0.29) is 0 Å². The summed E-state index contributed by atoms with van der Waals surface area (Å²) in [5, 5.41) is 9.57. The summed E-state index contributed by atoms with van der Waals surface area (Å²) in [6.07, 6.45) is 6.20. The van der Waals surface area contributed by atoms with Crippen molar-refractivity contribution in [2.45, 2.75) is 18.9 Å². The monoisotopic (exact) mass is 318 g/mol. The number of rotatable bonds is 3. The third kappa shape index (κ3) is 3.05. The van der Waals surface area contributed by atoms with Crippen LogP contribution in [0.25, 0.3) is 21.9 Å². The summed E-state index contributed by atoms with van der Waals surface area (Å²) in [4.78, 5) is 4.29. The quantitative estimate of drug-likeness (QED) is 0.645. The molecule has 1 saturated heterocycles. The minimum absolute atomic E-state index is 0.469. The number of aromatic nitrogens is 1. The molecule has 4 heteroatoms. The van der Waals surface area contributed by atoms with Gasteiger partial charge in [0.1, 0.15) is 0 Å². The van der Waals surface area contributed by atoms with Crippen LogP contribution in [0.15, 0.2) is 54.9 Å². The standard InChI is InChI=1S/C20H22N4/c21-17-5-3-14(4-6-17)15-10-16-12-23-9-7-19(16)20(11-15)24-18-2-1-8-22-13-18/h3-7,9-12,18,22,24H,1-2,8,13,21H2. The van der Waals surface area contributed by atoms with Crippen molar-refractivity contribution in [2.75, 3.05) is 24.1 Å². The van der Waals surface area contributed by atoms with Gasteiger partial charge in [-0.1, -0.05) is 12.1 Å². The van der Waals surface area contributed by atoms with Gasteiger partial charge in [0, 0.05) is 47.1 Å². The Labute approximate surface area is 142 Å². The van der Waals surface area contributed by atoms with E-state index in [0.29, 0.717) is 6.04 Å². The van der Waals surface area contributed by atoms with Crippen LogP contribution < -0.4 is 16.4 Å². The average Bonchev–Trinajstić information content (AvgIpc) is 2.63. The van der Waals surface area contributed by atoms with Gasteiger partial charge in [-0.3, -0.25) is 4.98 Å². The van der Waals surface area contributed by atoms with Crippen molar-refractivity contribution < 1.29 is 0 Å². The highest BCUT2D eigenvalue weighted by Gasteiger charge is 2.14. The molecule has 24 heavy (non-hydrogen) atoms. The lowest BCUT2D eigenvalue weighted by atomic mass is 9.99. The van der Waals surface area contributed by atoms with Gasteiger partial charge in [-0.05, 0) is 60.8 Å².